The summed E-state index contributed by atoms with van der Waals surface area (Å²) in [6.45, 7) is 4.79. The molecule has 584 valence electrons. The van der Waals surface area contributed by atoms with Gasteiger partial charge in [0.15, 0.2) is 12.2 Å². The topological polar surface area (TPSA) is 237 Å². The molecule has 0 bridgehead atoms. The zero-order chi connectivity index (χ0) is 73.2. The van der Waals surface area contributed by atoms with Crippen LogP contribution >= 0.6 is 15.6 Å². The van der Waals surface area contributed by atoms with Crippen LogP contribution in [0, 0.1) is 0 Å². The van der Waals surface area contributed by atoms with Gasteiger partial charge in [-0.25, -0.2) is 9.13 Å². The molecular formula is C81H148O17P2. The van der Waals surface area contributed by atoms with E-state index in [4.69, 9.17) is 37.0 Å². The number of phosphoric ester groups is 2. The van der Waals surface area contributed by atoms with Gasteiger partial charge < -0.3 is 33.8 Å². The first-order chi connectivity index (χ1) is 48.7. The minimum Gasteiger partial charge on any atom is -0.462 e. The van der Waals surface area contributed by atoms with Crippen molar-refractivity contribution in [1.29, 1.82) is 0 Å². The molecule has 0 saturated heterocycles. The second kappa shape index (κ2) is 74.0. The van der Waals surface area contributed by atoms with Crippen LogP contribution in [-0.2, 0) is 65.4 Å². The van der Waals surface area contributed by atoms with Crippen LogP contribution in [0.4, 0.5) is 0 Å². The standard InChI is InChI=1S/C81H148O17P2/c1-5-9-13-17-21-25-29-33-37-41-45-49-53-57-61-65-78(83)91-71-76(97-80(85)67-63-59-55-51-47-43-39-35-31-27-23-19-15-11-7-3)73-95-99(87,88)93-69-75(82)70-94-100(89,90)96-74-77(98-81(86)68-64-60-56-52-48-44-40-36-32-28-24-20-16-12-8-4)72-92-79(84)66-62-58-54-50-46-42-38-34-30-26-22-18-14-10-6-2/h9,13,21-22,25-26,33-34,37-38,75-77,82H,5-8,10-12,14-20,23-24,27-32,35-36,39-74H2,1-4H3,(H,87,88)(H,89,90)/b13-9-,25-21-,26-22-,37-33-,38-34-. The van der Waals surface area contributed by atoms with Gasteiger partial charge >= 0.3 is 39.5 Å². The van der Waals surface area contributed by atoms with Crippen molar-refractivity contribution >= 4 is 39.5 Å². The van der Waals surface area contributed by atoms with Crippen molar-refractivity contribution in [3.8, 4) is 0 Å². The van der Waals surface area contributed by atoms with Crippen molar-refractivity contribution in [2.24, 2.45) is 0 Å². The summed E-state index contributed by atoms with van der Waals surface area (Å²) in [5.41, 5.74) is 0. The molecular weight excluding hydrogens is 1310 g/mol. The van der Waals surface area contributed by atoms with Gasteiger partial charge in [0, 0.05) is 25.7 Å². The summed E-state index contributed by atoms with van der Waals surface area (Å²) in [6.07, 6.45) is 73.3. The van der Waals surface area contributed by atoms with E-state index in [-0.39, 0.29) is 25.7 Å². The summed E-state index contributed by atoms with van der Waals surface area (Å²) in [6, 6.07) is 0. The average Bonchev–Trinajstić information content (AvgIpc) is 1.01. The molecule has 0 fully saturated rings. The third-order valence-corrected chi connectivity index (χ3v) is 19.4. The molecule has 0 spiro atoms. The normalized spacial score (nSPS) is 14.2. The van der Waals surface area contributed by atoms with Crippen molar-refractivity contribution in [1.82, 2.24) is 0 Å². The quantitative estimate of drug-likeness (QED) is 0.0169. The van der Waals surface area contributed by atoms with E-state index in [0.717, 1.165) is 148 Å². The molecule has 3 N–H and O–H groups in total. The maximum atomic E-state index is 13.1. The Hall–Kier alpha value is -3.24. The number of unbranched alkanes of at least 4 members (excludes halogenated alkanes) is 41. The van der Waals surface area contributed by atoms with Gasteiger partial charge in [-0.3, -0.25) is 37.3 Å². The number of hydrogen-bond donors (Lipinski definition) is 3. The number of carbonyl (C=O) groups excluding carboxylic acids is 4. The van der Waals surface area contributed by atoms with Crippen molar-refractivity contribution in [3.63, 3.8) is 0 Å². The molecule has 0 heterocycles. The minimum atomic E-state index is -4.97. The Labute approximate surface area is 610 Å². The third-order valence-electron chi connectivity index (χ3n) is 17.5. The fourth-order valence-corrected chi connectivity index (χ4v) is 12.9. The second-order valence-corrected chi connectivity index (χ2v) is 30.3. The van der Waals surface area contributed by atoms with Gasteiger partial charge in [-0.15, -0.1) is 0 Å². The number of aliphatic hydroxyl groups excluding tert-OH is 1. The van der Waals surface area contributed by atoms with Crippen LogP contribution in [0.3, 0.4) is 0 Å². The van der Waals surface area contributed by atoms with Gasteiger partial charge in [-0.2, -0.15) is 0 Å². The SMILES string of the molecule is CC/C=C\C/C=C\C/C=C\CCCCCCCC(=O)OCC(COP(=O)(O)OCC(O)COP(=O)(O)OCC(COC(=O)CCCCCCC/C=C\C/C=C\CCCCC)OC(=O)CCCCCCCCCCCCCCCCC)OC(=O)CCCCCCCCCCCCCCCCC. The number of esters is 4. The van der Waals surface area contributed by atoms with Gasteiger partial charge in [0.1, 0.15) is 19.3 Å². The highest BCUT2D eigenvalue weighted by molar-refractivity contribution is 7.47. The van der Waals surface area contributed by atoms with Crippen molar-refractivity contribution < 1.29 is 80.2 Å². The maximum absolute atomic E-state index is 13.1. The number of ether oxygens (including phenoxy) is 4. The summed E-state index contributed by atoms with van der Waals surface area (Å²) in [7, 11) is -9.94. The first-order valence-corrected chi connectivity index (χ1v) is 43.5. The number of aliphatic hydroxyl groups is 1. The third kappa shape index (κ3) is 73.1. The summed E-state index contributed by atoms with van der Waals surface area (Å²) < 4.78 is 68.6. The fourth-order valence-electron chi connectivity index (χ4n) is 11.3. The predicted molar refractivity (Wildman–Crippen MR) is 409 cm³/mol. The zero-order valence-corrected chi connectivity index (χ0v) is 65.7. The summed E-state index contributed by atoms with van der Waals surface area (Å²) >= 11 is 0. The lowest BCUT2D eigenvalue weighted by Gasteiger charge is -2.21. The van der Waals surface area contributed by atoms with Gasteiger partial charge in [-0.05, 0) is 89.9 Å². The van der Waals surface area contributed by atoms with E-state index >= 15 is 0 Å². The number of hydrogen-bond acceptors (Lipinski definition) is 15. The number of allylic oxidation sites excluding steroid dienone is 10. The fraction of sp³-hybridized carbons (Fsp3) is 0.827. The maximum Gasteiger partial charge on any atom is 0.472 e. The van der Waals surface area contributed by atoms with Gasteiger partial charge in [0.05, 0.1) is 26.4 Å². The molecule has 100 heavy (non-hydrogen) atoms. The first kappa shape index (κ1) is 96.8. The van der Waals surface area contributed by atoms with Gasteiger partial charge in [0.2, 0.25) is 0 Å². The molecule has 0 saturated carbocycles. The van der Waals surface area contributed by atoms with Crippen LogP contribution in [-0.4, -0.2) is 96.7 Å². The van der Waals surface area contributed by atoms with Crippen LogP contribution in [0.25, 0.3) is 0 Å². The number of carbonyl (C=O) groups is 4. The molecule has 0 rings (SSSR count). The molecule has 0 amide bonds. The Morgan fingerprint density at radius 3 is 0.820 bits per heavy atom. The van der Waals surface area contributed by atoms with Crippen molar-refractivity contribution in [2.75, 3.05) is 39.6 Å². The molecule has 17 nitrogen and oxygen atoms in total. The molecule has 0 aromatic rings. The van der Waals surface area contributed by atoms with E-state index in [1.165, 1.54) is 148 Å². The van der Waals surface area contributed by atoms with E-state index < -0.39 is 97.5 Å². The van der Waals surface area contributed by atoms with Crippen molar-refractivity contribution in [3.05, 3.63) is 60.8 Å². The smallest absolute Gasteiger partial charge is 0.462 e. The van der Waals surface area contributed by atoms with Crippen LogP contribution < -0.4 is 0 Å². The van der Waals surface area contributed by atoms with Crippen LogP contribution in [0.5, 0.6) is 0 Å². The predicted octanol–water partition coefficient (Wildman–Crippen LogP) is 23.5. The Morgan fingerprint density at radius 1 is 0.290 bits per heavy atom. The molecule has 0 radical (unpaired) electrons. The summed E-state index contributed by atoms with van der Waals surface area (Å²) in [5, 5.41) is 10.6. The lowest BCUT2D eigenvalue weighted by atomic mass is 10.0. The molecule has 0 aliphatic carbocycles. The minimum absolute atomic E-state index is 0.0976. The van der Waals surface area contributed by atoms with E-state index in [1.54, 1.807) is 0 Å². The molecule has 0 aliphatic heterocycles. The molecule has 5 atom stereocenters. The Morgan fingerprint density at radius 2 is 0.520 bits per heavy atom. The van der Waals surface area contributed by atoms with Gasteiger partial charge in [0.25, 0.3) is 0 Å². The zero-order valence-electron chi connectivity index (χ0n) is 63.9. The average molecular weight is 1460 g/mol. The van der Waals surface area contributed by atoms with E-state index in [0.29, 0.717) is 25.7 Å². The highest BCUT2D eigenvalue weighted by Gasteiger charge is 2.30. The molecule has 0 aliphatic rings. The lowest BCUT2D eigenvalue weighted by molar-refractivity contribution is -0.161. The highest BCUT2D eigenvalue weighted by atomic mass is 31.2. The van der Waals surface area contributed by atoms with Crippen LogP contribution in [0.1, 0.15) is 374 Å². The van der Waals surface area contributed by atoms with E-state index in [9.17, 15) is 43.2 Å². The monoisotopic (exact) mass is 1460 g/mol. The number of phosphoric acid groups is 2. The van der Waals surface area contributed by atoms with E-state index in [1.807, 2.05) is 0 Å². The summed E-state index contributed by atoms with van der Waals surface area (Å²) in [5.74, 6) is -2.17. The molecule has 0 aromatic carbocycles. The first-order valence-electron chi connectivity index (χ1n) is 40.5. The van der Waals surface area contributed by atoms with E-state index in [2.05, 4.69) is 88.5 Å². The van der Waals surface area contributed by atoms with Crippen molar-refractivity contribution in [2.45, 2.75) is 393 Å². The van der Waals surface area contributed by atoms with Gasteiger partial charge in [-0.1, -0.05) is 320 Å². The second-order valence-electron chi connectivity index (χ2n) is 27.3. The summed E-state index contributed by atoms with van der Waals surface area (Å²) in [4.78, 5) is 73.0. The Bertz CT molecular complexity index is 2130. The Kier molecular flexibility index (Phi) is 71.6. The molecule has 0 aromatic heterocycles. The molecule has 5 unspecified atom stereocenters. The molecule has 19 heteroatoms. The number of rotatable bonds is 77. The van der Waals surface area contributed by atoms with Crippen LogP contribution in [0.15, 0.2) is 60.8 Å². The lowest BCUT2D eigenvalue weighted by Crippen LogP contribution is -2.30. The highest BCUT2D eigenvalue weighted by Crippen LogP contribution is 2.45. The Balaban J connectivity index is 5.34. The van der Waals surface area contributed by atoms with Crippen LogP contribution in [0.2, 0.25) is 0 Å². The largest absolute Gasteiger partial charge is 0.472 e.